The summed E-state index contributed by atoms with van der Waals surface area (Å²) in [7, 11) is -3.36. The van der Waals surface area contributed by atoms with E-state index in [-0.39, 0.29) is 36.6 Å². The number of fused-ring (bicyclic) bond motifs is 1. The second-order valence-electron chi connectivity index (χ2n) is 7.89. The van der Waals surface area contributed by atoms with Crippen LogP contribution in [0.2, 0.25) is 5.28 Å². The fourth-order valence-electron chi connectivity index (χ4n) is 2.80. The first-order valence-corrected chi connectivity index (χ1v) is 12.2. The van der Waals surface area contributed by atoms with Crippen LogP contribution < -0.4 is 5.32 Å². The van der Waals surface area contributed by atoms with Crippen LogP contribution in [0.25, 0.3) is 11.2 Å². The third kappa shape index (κ3) is 5.72. The number of halogens is 1. The molecule has 32 heavy (non-hydrogen) atoms. The molecule has 0 unspecified atom stereocenters. The van der Waals surface area contributed by atoms with Crippen LogP contribution >= 0.6 is 19.2 Å². The fraction of sp³-hybridized carbons (Fsp3) is 0.579. The van der Waals surface area contributed by atoms with Gasteiger partial charge in [0.2, 0.25) is 11.2 Å². The number of anilines is 1. The number of hydrogen-bond acceptors (Lipinski definition) is 9. The molecule has 1 amide bonds. The van der Waals surface area contributed by atoms with Gasteiger partial charge in [-0.3, -0.25) is 13.9 Å². The summed E-state index contributed by atoms with van der Waals surface area (Å²) in [5, 5.41) is 2.70. The van der Waals surface area contributed by atoms with E-state index in [1.807, 2.05) is 0 Å². The summed E-state index contributed by atoms with van der Waals surface area (Å²) in [6, 6.07) is 0. The van der Waals surface area contributed by atoms with Crippen molar-refractivity contribution in [3.8, 4) is 0 Å². The highest BCUT2D eigenvalue weighted by Crippen LogP contribution is 2.48. The topological polar surface area (TPSA) is 127 Å². The van der Waals surface area contributed by atoms with E-state index >= 15 is 0 Å². The van der Waals surface area contributed by atoms with E-state index in [2.05, 4.69) is 20.3 Å². The fourth-order valence-corrected chi connectivity index (χ4v) is 4.30. The average molecular weight is 488 g/mol. The second kappa shape index (κ2) is 9.94. The van der Waals surface area contributed by atoms with E-state index in [0.717, 1.165) is 0 Å². The van der Waals surface area contributed by atoms with Gasteiger partial charge in [0, 0.05) is 5.41 Å². The summed E-state index contributed by atoms with van der Waals surface area (Å²) in [5.74, 6) is -0.0237. The molecule has 0 saturated carbocycles. The lowest BCUT2D eigenvalue weighted by atomic mass is 9.96. The zero-order chi connectivity index (χ0) is 23.5. The smallest absolute Gasteiger partial charge is 0.336 e. The molecule has 176 valence electrons. The lowest BCUT2D eigenvalue weighted by Crippen LogP contribution is -2.28. The minimum absolute atomic E-state index is 0.0485. The Morgan fingerprint density at radius 3 is 2.56 bits per heavy atom. The number of ether oxygens (including phenoxy) is 2. The Hall–Kier alpha value is -1.88. The van der Waals surface area contributed by atoms with Gasteiger partial charge in [-0.15, -0.1) is 0 Å². The van der Waals surface area contributed by atoms with Gasteiger partial charge in [-0.25, -0.2) is 4.98 Å². The normalized spacial score (nSPS) is 19.1. The predicted molar refractivity (Wildman–Crippen MR) is 118 cm³/mol. The Kier molecular flexibility index (Phi) is 7.69. The third-order valence-corrected chi connectivity index (χ3v) is 6.27. The van der Waals surface area contributed by atoms with Gasteiger partial charge in [0.15, 0.2) is 35.8 Å². The number of aromatic nitrogens is 4. The van der Waals surface area contributed by atoms with Gasteiger partial charge < -0.3 is 23.8 Å². The predicted octanol–water partition coefficient (Wildman–Crippen LogP) is 4.12. The molecule has 0 bridgehead atoms. The van der Waals surface area contributed by atoms with Crippen molar-refractivity contribution in [1.82, 2.24) is 19.5 Å². The highest BCUT2D eigenvalue weighted by molar-refractivity contribution is 7.53. The first-order valence-electron chi connectivity index (χ1n) is 10.1. The molecule has 0 saturated heterocycles. The molecular weight excluding hydrogens is 461 g/mol. The third-order valence-electron chi connectivity index (χ3n) is 4.34. The van der Waals surface area contributed by atoms with Crippen LogP contribution in [0.4, 0.5) is 5.82 Å². The molecule has 0 fully saturated rings. The summed E-state index contributed by atoms with van der Waals surface area (Å²) in [4.78, 5) is 25.1. The van der Waals surface area contributed by atoms with Crippen LogP contribution in [0.15, 0.2) is 18.5 Å². The molecule has 0 spiro atoms. The van der Waals surface area contributed by atoms with Gasteiger partial charge in [0.1, 0.15) is 0 Å². The van der Waals surface area contributed by atoms with Crippen molar-refractivity contribution in [2.45, 2.75) is 47.1 Å². The van der Waals surface area contributed by atoms with Crippen molar-refractivity contribution < 1.29 is 27.9 Å². The Morgan fingerprint density at radius 2 is 1.94 bits per heavy atom. The van der Waals surface area contributed by atoms with E-state index in [4.69, 9.17) is 30.1 Å². The first-order chi connectivity index (χ1) is 15.1. The molecule has 1 N–H and O–H groups in total. The quantitative estimate of drug-likeness (QED) is 0.315. The van der Waals surface area contributed by atoms with Crippen molar-refractivity contribution in [2.24, 2.45) is 5.41 Å². The van der Waals surface area contributed by atoms with Crippen LogP contribution in [0.3, 0.4) is 0 Å². The maximum Gasteiger partial charge on any atom is 0.356 e. The van der Waals surface area contributed by atoms with Gasteiger partial charge in [-0.1, -0.05) is 20.8 Å². The molecule has 0 radical (unpaired) electrons. The van der Waals surface area contributed by atoms with Crippen molar-refractivity contribution >= 4 is 42.1 Å². The summed E-state index contributed by atoms with van der Waals surface area (Å²) in [5.41, 5.74) is 0.112. The molecule has 2 aromatic rings. The molecular formula is C19H27ClN5O6P. The monoisotopic (exact) mass is 487 g/mol. The maximum atomic E-state index is 12.6. The molecule has 3 rings (SSSR count). The molecule has 1 aliphatic rings. The highest BCUT2D eigenvalue weighted by Gasteiger charge is 2.30. The summed E-state index contributed by atoms with van der Waals surface area (Å²) in [6.07, 6.45) is 3.28. The van der Waals surface area contributed by atoms with E-state index < -0.39 is 25.5 Å². The summed E-state index contributed by atoms with van der Waals surface area (Å²) in [6.45, 7) is 9.28. The number of rotatable bonds is 9. The van der Waals surface area contributed by atoms with Crippen LogP contribution in [-0.2, 0) is 27.9 Å². The second-order valence-corrected chi connectivity index (χ2v) is 10.2. The van der Waals surface area contributed by atoms with Gasteiger partial charge in [-0.2, -0.15) is 9.97 Å². The number of carbonyl (C=O) groups excluding carboxylic acids is 1. The Bertz CT molecular complexity index is 1040. The minimum Gasteiger partial charge on any atom is -0.336 e. The molecule has 1 aliphatic heterocycles. The van der Waals surface area contributed by atoms with Crippen molar-refractivity contribution in [3.05, 3.63) is 23.8 Å². The van der Waals surface area contributed by atoms with E-state index in [1.165, 1.54) is 6.33 Å². The molecule has 2 aromatic heterocycles. The Balaban J connectivity index is 1.75. The SMILES string of the molecule is CCOP(=O)(CO[C@@H]1C=C[C@H](n2cnc3c(NC(=O)C(C)(C)C)nc(Cl)nc32)O1)OCC. The van der Waals surface area contributed by atoms with Crippen LogP contribution in [0, 0.1) is 5.41 Å². The van der Waals surface area contributed by atoms with Crippen LogP contribution in [0.1, 0.15) is 40.8 Å². The van der Waals surface area contributed by atoms with Crippen molar-refractivity contribution in [3.63, 3.8) is 0 Å². The Labute approximate surface area is 191 Å². The van der Waals surface area contributed by atoms with Crippen LogP contribution in [-0.4, -0.2) is 51.3 Å². The van der Waals surface area contributed by atoms with Gasteiger partial charge in [0.25, 0.3) is 0 Å². The number of nitrogens with one attached hydrogen (secondary N) is 1. The van der Waals surface area contributed by atoms with E-state index in [1.54, 1.807) is 51.3 Å². The lowest BCUT2D eigenvalue weighted by Gasteiger charge is -2.20. The highest BCUT2D eigenvalue weighted by atomic mass is 35.5. The molecule has 2 atom stereocenters. The minimum atomic E-state index is -3.36. The zero-order valence-electron chi connectivity index (χ0n) is 18.6. The number of hydrogen-bond donors (Lipinski definition) is 1. The largest absolute Gasteiger partial charge is 0.356 e. The molecule has 13 heteroatoms. The van der Waals surface area contributed by atoms with Crippen molar-refractivity contribution in [2.75, 3.05) is 24.9 Å². The Morgan fingerprint density at radius 1 is 1.25 bits per heavy atom. The standard InChI is InChI=1S/C19H27ClN5O6P/c1-6-29-32(27,30-7-2)11-28-13-9-8-12(31-13)25-10-21-14-15(22-17(26)19(3,4)5)23-18(20)24-16(14)25/h8-10,12-13H,6-7,11H2,1-5H3,(H,22,23,24,26)/t12-,13+/m1/s1. The number of nitrogens with zero attached hydrogens (tertiary/aromatic N) is 4. The van der Waals surface area contributed by atoms with E-state index in [0.29, 0.717) is 11.2 Å². The lowest BCUT2D eigenvalue weighted by molar-refractivity contribution is -0.126. The summed E-state index contributed by atoms with van der Waals surface area (Å²) >= 11 is 6.09. The molecule has 0 aromatic carbocycles. The van der Waals surface area contributed by atoms with E-state index in [9.17, 15) is 9.36 Å². The molecule has 0 aliphatic carbocycles. The van der Waals surface area contributed by atoms with Gasteiger partial charge >= 0.3 is 7.60 Å². The van der Waals surface area contributed by atoms with Gasteiger partial charge in [0.05, 0.1) is 19.5 Å². The van der Waals surface area contributed by atoms with Gasteiger partial charge in [-0.05, 0) is 37.6 Å². The summed E-state index contributed by atoms with van der Waals surface area (Å²) < 4.78 is 36.0. The first kappa shape index (κ1) is 24.8. The maximum absolute atomic E-state index is 12.6. The average Bonchev–Trinajstić information content (AvgIpc) is 3.32. The van der Waals surface area contributed by atoms with Crippen LogP contribution in [0.5, 0.6) is 0 Å². The number of imidazole rings is 1. The number of amides is 1. The van der Waals surface area contributed by atoms with Crippen molar-refractivity contribution in [1.29, 1.82) is 0 Å². The molecule has 11 nitrogen and oxygen atoms in total. The molecule has 3 heterocycles. The number of carbonyl (C=O) groups is 1. The zero-order valence-corrected chi connectivity index (χ0v) is 20.2.